The normalized spacial score (nSPS) is 10.9. The van der Waals surface area contributed by atoms with E-state index in [1.165, 1.54) is 0 Å². The fourth-order valence-electron chi connectivity index (χ4n) is 2.17. The average molecular weight is 315 g/mol. The van der Waals surface area contributed by atoms with E-state index in [1.807, 2.05) is 25.1 Å². The number of fused-ring (bicyclic) bond motifs is 1. The molecule has 1 heterocycles. The highest BCUT2D eigenvalue weighted by Gasteiger charge is 2.13. The van der Waals surface area contributed by atoms with Crippen molar-refractivity contribution in [2.24, 2.45) is 0 Å². The first kappa shape index (κ1) is 14.6. The smallest absolute Gasteiger partial charge is 0.228 e. The molecule has 0 atom stereocenters. The molecule has 0 spiro atoms. The van der Waals surface area contributed by atoms with Gasteiger partial charge in [0.15, 0.2) is 5.58 Å². The number of hydrogen-bond acceptors (Lipinski definition) is 3. The van der Waals surface area contributed by atoms with Crippen LogP contribution in [0, 0.1) is 6.92 Å². The van der Waals surface area contributed by atoms with Crippen LogP contribution < -0.4 is 5.32 Å². The summed E-state index contributed by atoms with van der Waals surface area (Å²) in [6.45, 7) is 3.80. The van der Waals surface area contributed by atoms with Crippen molar-refractivity contribution in [2.75, 3.05) is 5.32 Å². The predicted octanol–water partition coefficient (Wildman–Crippen LogP) is 4.81. The number of aryl methyl sites for hydroxylation is 1. The van der Waals surface area contributed by atoms with E-state index in [0.717, 1.165) is 11.1 Å². The van der Waals surface area contributed by atoms with E-state index >= 15 is 0 Å². The van der Waals surface area contributed by atoms with Crippen molar-refractivity contribution < 1.29 is 9.21 Å². The second kappa shape index (κ2) is 5.81. The Morgan fingerprint density at radius 2 is 2.09 bits per heavy atom. The summed E-state index contributed by atoms with van der Waals surface area (Å²) < 4.78 is 5.77. The number of oxazole rings is 1. The molecule has 22 heavy (non-hydrogen) atoms. The Morgan fingerprint density at radius 3 is 2.86 bits per heavy atom. The Bertz CT molecular complexity index is 855. The minimum atomic E-state index is -0.0542. The lowest BCUT2D eigenvalue weighted by Crippen LogP contribution is -2.09. The highest BCUT2D eigenvalue weighted by molar-refractivity contribution is 6.33. The highest BCUT2D eigenvalue weighted by atomic mass is 35.5. The molecule has 4 nitrogen and oxygen atoms in total. The minimum absolute atomic E-state index is 0.0542. The number of benzene rings is 2. The van der Waals surface area contributed by atoms with Gasteiger partial charge in [-0.1, -0.05) is 24.6 Å². The zero-order valence-electron chi connectivity index (χ0n) is 12.3. The first-order valence-corrected chi connectivity index (χ1v) is 7.41. The van der Waals surface area contributed by atoms with Gasteiger partial charge in [0, 0.05) is 12.1 Å². The molecule has 0 fully saturated rings. The van der Waals surface area contributed by atoms with Crippen LogP contribution in [-0.4, -0.2) is 10.9 Å². The molecule has 112 valence electrons. The van der Waals surface area contributed by atoms with E-state index in [9.17, 15) is 4.79 Å². The van der Waals surface area contributed by atoms with E-state index in [1.54, 1.807) is 25.1 Å². The zero-order chi connectivity index (χ0) is 15.7. The Morgan fingerprint density at radius 1 is 1.27 bits per heavy atom. The predicted molar refractivity (Wildman–Crippen MR) is 88.1 cm³/mol. The molecule has 0 aliphatic carbocycles. The molecule has 0 bridgehead atoms. The van der Waals surface area contributed by atoms with Crippen LogP contribution in [0.2, 0.25) is 5.02 Å². The lowest BCUT2D eigenvalue weighted by atomic mass is 10.2. The Balaban J connectivity index is 2.04. The molecule has 0 saturated carbocycles. The molecule has 0 aliphatic heterocycles. The van der Waals surface area contributed by atoms with Crippen molar-refractivity contribution in [3.8, 4) is 11.5 Å². The second-order valence-corrected chi connectivity index (χ2v) is 5.49. The van der Waals surface area contributed by atoms with E-state index in [4.69, 9.17) is 16.0 Å². The number of rotatable bonds is 3. The molecule has 1 amide bonds. The van der Waals surface area contributed by atoms with Gasteiger partial charge in [-0.05, 0) is 42.8 Å². The Labute approximate surface area is 133 Å². The third-order valence-corrected chi connectivity index (χ3v) is 3.67. The number of nitrogens with one attached hydrogen (secondary N) is 1. The van der Waals surface area contributed by atoms with Crippen LogP contribution in [0.3, 0.4) is 0 Å². The van der Waals surface area contributed by atoms with Gasteiger partial charge in [0.2, 0.25) is 11.8 Å². The van der Waals surface area contributed by atoms with Gasteiger partial charge in [0.25, 0.3) is 0 Å². The van der Waals surface area contributed by atoms with E-state index in [2.05, 4.69) is 10.3 Å². The summed E-state index contributed by atoms with van der Waals surface area (Å²) in [6, 6.07) is 11.1. The SMILES string of the molecule is CCC(=O)Nc1ccc(Cl)c(-c2nc3cc(C)ccc3o2)c1. The molecule has 0 unspecified atom stereocenters. The van der Waals surface area contributed by atoms with Gasteiger partial charge < -0.3 is 9.73 Å². The van der Waals surface area contributed by atoms with E-state index < -0.39 is 0 Å². The van der Waals surface area contributed by atoms with Crippen LogP contribution in [0.4, 0.5) is 5.69 Å². The van der Waals surface area contributed by atoms with E-state index in [0.29, 0.717) is 34.2 Å². The van der Waals surface area contributed by atoms with Crippen LogP contribution >= 0.6 is 11.6 Å². The maximum Gasteiger partial charge on any atom is 0.228 e. The maximum atomic E-state index is 11.5. The number of carbonyl (C=O) groups excluding carboxylic acids is 1. The summed E-state index contributed by atoms with van der Waals surface area (Å²) >= 11 is 6.25. The van der Waals surface area contributed by atoms with Gasteiger partial charge in [-0.2, -0.15) is 0 Å². The number of nitrogens with zero attached hydrogens (tertiary/aromatic N) is 1. The molecule has 5 heteroatoms. The van der Waals surface area contributed by atoms with Crippen LogP contribution in [0.25, 0.3) is 22.6 Å². The molecule has 0 aliphatic rings. The topological polar surface area (TPSA) is 55.1 Å². The first-order chi connectivity index (χ1) is 10.6. The molecule has 1 N–H and O–H groups in total. The Kier molecular flexibility index (Phi) is 3.86. The number of anilines is 1. The fraction of sp³-hybridized carbons (Fsp3) is 0.176. The summed E-state index contributed by atoms with van der Waals surface area (Å²) in [5.41, 5.74) is 3.94. The van der Waals surface area contributed by atoms with Crippen LogP contribution in [0.1, 0.15) is 18.9 Å². The zero-order valence-corrected chi connectivity index (χ0v) is 13.1. The highest BCUT2D eigenvalue weighted by Crippen LogP contribution is 2.32. The molecule has 3 rings (SSSR count). The maximum absolute atomic E-state index is 11.5. The fourth-order valence-corrected chi connectivity index (χ4v) is 2.37. The third kappa shape index (κ3) is 2.83. The van der Waals surface area contributed by atoms with Crippen molar-refractivity contribution in [2.45, 2.75) is 20.3 Å². The van der Waals surface area contributed by atoms with E-state index in [-0.39, 0.29) is 5.91 Å². The lowest BCUT2D eigenvalue weighted by Gasteiger charge is -2.06. The van der Waals surface area contributed by atoms with Crippen LogP contribution in [-0.2, 0) is 4.79 Å². The van der Waals surface area contributed by atoms with Gasteiger partial charge in [0.1, 0.15) is 5.52 Å². The van der Waals surface area contributed by atoms with Crippen molar-refractivity contribution in [3.05, 3.63) is 47.0 Å². The van der Waals surface area contributed by atoms with Crippen LogP contribution in [0.15, 0.2) is 40.8 Å². The third-order valence-electron chi connectivity index (χ3n) is 3.34. The van der Waals surface area contributed by atoms with Crippen molar-refractivity contribution in [1.29, 1.82) is 0 Å². The molecular weight excluding hydrogens is 300 g/mol. The molecule has 2 aromatic carbocycles. The second-order valence-electron chi connectivity index (χ2n) is 5.09. The van der Waals surface area contributed by atoms with Gasteiger partial charge >= 0.3 is 0 Å². The summed E-state index contributed by atoms with van der Waals surface area (Å²) in [5.74, 6) is 0.389. The first-order valence-electron chi connectivity index (χ1n) is 7.04. The number of halogens is 1. The number of amides is 1. The van der Waals surface area contributed by atoms with Gasteiger partial charge in [0.05, 0.1) is 10.6 Å². The Hall–Kier alpha value is -2.33. The van der Waals surface area contributed by atoms with Crippen molar-refractivity contribution in [3.63, 3.8) is 0 Å². The summed E-state index contributed by atoms with van der Waals surface area (Å²) in [7, 11) is 0. The number of carbonyl (C=O) groups is 1. The van der Waals surface area contributed by atoms with Crippen molar-refractivity contribution in [1.82, 2.24) is 4.98 Å². The lowest BCUT2D eigenvalue weighted by molar-refractivity contribution is -0.115. The number of hydrogen-bond donors (Lipinski definition) is 1. The molecule has 0 saturated heterocycles. The molecular formula is C17H15ClN2O2. The van der Waals surface area contributed by atoms with Crippen LogP contribution in [0.5, 0.6) is 0 Å². The molecule has 1 aromatic heterocycles. The van der Waals surface area contributed by atoms with Gasteiger partial charge in [-0.3, -0.25) is 4.79 Å². The average Bonchev–Trinajstić information content (AvgIpc) is 2.91. The van der Waals surface area contributed by atoms with Gasteiger partial charge in [-0.25, -0.2) is 4.98 Å². The summed E-state index contributed by atoms with van der Waals surface area (Å²) in [4.78, 5) is 16.0. The number of aromatic nitrogens is 1. The minimum Gasteiger partial charge on any atom is -0.436 e. The monoisotopic (exact) mass is 314 g/mol. The van der Waals surface area contributed by atoms with Gasteiger partial charge in [-0.15, -0.1) is 0 Å². The quantitative estimate of drug-likeness (QED) is 0.755. The standard InChI is InChI=1S/C17H15ClN2O2/c1-3-16(21)19-11-5-6-13(18)12(9-11)17-20-14-8-10(2)4-7-15(14)22-17/h4-9H,3H2,1-2H3,(H,19,21). The van der Waals surface area contributed by atoms with Crippen molar-refractivity contribution >= 4 is 34.3 Å². The largest absolute Gasteiger partial charge is 0.436 e. The summed E-state index contributed by atoms with van der Waals surface area (Å²) in [5, 5.41) is 3.33. The summed E-state index contributed by atoms with van der Waals surface area (Å²) in [6.07, 6.45) is 0.417. The molecule has 3 aromatic rings. The molecule has 0 radical (unpaired) electrons.